The number of fused-ring (bicyclic) bond motifs is 2. The van der Waals surface area contributed by atoms with Crippen LogP contribution in [-0.2, 0) is 6.54 Å². The smallest absolute Gasteiger partial charge is 0.0727 e. The van der Waals surface area contributed by atoms with E-state index >= 15 is 0 Å². The molecule has 2 saturated heterocycles. The van der Waals surface area contributed by atoms with Crippen molar-refractivity contribution < 1.29 is 0 Å². The Bertz CT molecular complexity index is 403. The van der Waals surface area contributed by atoms with E-state index in [1.807, 2.05) is 19.3 Å². The number of rotatable bonds is 4. The van der Waals surface area contributed by atoms with Crippen molar-refractivity contribution in [1.82, 2.24) is 20.2 Å². The van der Waals surface area contributed by atoms with Gasteiger partial charge in [0.05, 0.1) is 11.4 Å². The fourth-order valence-electron chi connectivity index (χ4n) is 3.68. The van der Waals surface area contributed by atoms with Crippen molar-refractivity contribution in [1.29, 1.82) is 0 Å². The molecule has 19 heavy (non-hydrogen) atoms. The van der Waals surface area contributed by atoms with Crippen molar-refractivity contribution in [3.8, 4) is 0 Å². The summed E-state index contributed by atoms with van der Waals surface area (Å²) in [6.45, 7) is 6.26. The number of piperidine rings is 1. The van der Waals surface area contributed by atoms with Gasteiger partial charge >= 0.3 is 0 Å². The maximum Gasteiger partial charge on any atom is 0.0727 e. The van der Waals surface area contributed by atoms with Crippen LogP contribution in [0.5, 0.6) is 0 Å². The molecule has 2 aliphatic rings. The highest BCUT2D eigenvalue weighted by Crippen LogP contribution is 2.36. The molecule has 2 fully saturated rings. The maximum atomic E-state index is 4.50. The summed E-state index contributed by atoms with van der Waals surface area (Å²) in [5.41, 5.74) is 2.11. The molecule has 3 heterocycles. The molecule has 0 saturated carbocycles. The van der Waals surface area contributed by atoms with E-state index in [0.717, 1.165) is 42.6 Å². The first kappa shape index (κ1) is 13.0. The zero-order chi connectivity index (χ0) is 13.2. The highest BCUT2D eigenvalue weighted by molar-refractivity contribution is 5.04. The minimum Gasteiger partial charge on any atom is -0.314 e. The van der Waals surface area contributed by atoms with Gasteiger partial charge in [-0.2, -0.15) is 0 Å². The van der Waals surface area contributed by atoms with E-state index in [1.165, 1.54) is 25.7 Å². The molecular weight excluding hydrogens is 236 g/mol. The van der Waals surface area contributed by atoms with Gasteiger partial charge in [0, 0.05) is 37.1 Å². The van der Waals surface area contributed by atoms with Gasteiger partial charge in [0.1, 0.15) is 0 Å². The van der Waals surface area contributed by atoms with Crippen molar-refractivity contribution in [2.45, 2.75) is 64.2 Å². The lowest BCUT2D eigenvalue weighted by molar-refractivity contribution is 0.108. The Morgan fingerprint density at radius 3 is 2.53 bits per heavy atom. The van der Waals surface area contributed by atoms with Crippen LogP contribution >= 0.6 is 0 Å². The first-order valence-electron chi connectivity index (χ1n) is 7.53. The van der Waals surface area contributed by atoms with Gasteiger partial charge < -0.3 is 5.32 Å². The second kappa shape index (κ2) is 5.55. The van der Waals surface area contributed by atoms with Crippen molar-refractivity contribution in [3.63, 3.8) is 0 Å². The van der Waals surface area contributed by atoms with E-state index in [0.29, 0.717) is 0 Å². The topological polar surface area (TPSA) is 41.0 Å². The van der Waals surface area contributed by atoms with Crippen LogP contribution in [0, 0.1) is 6.92 Å². The van der Waals surface area contributed by atoms with Crippen LogP contribution in [0.1, 0.15) is 44.0 Å². The highest BCUT2D eigenvalue weighted by atomic mass is 15.2. The highest BCUT2D eigenvalue weighted by Gasteiger charge is 2.40. The van der Waals surface area contributed by atoms with Gasteiger partial charge in [-0.3, -0.25) is 14.9 Å². The summed E-state index contributed by atoms with van der Waals surface area (Å²) in [6, 6.07) is 2.21. The fraction of sp³-hybridized carbons (Fsp3) is 0.733. The van der Waals surface area contributed by atoms with E-state index in [1.54, 1.807) is 0 Å². The van der Waals surface area contributed by atoms with Crippen LogP contribution in [-0.4, -0.2) is 39.5 Å². The third kappa shape index (κ3) is 2.79. The van der Waals surface area contributed by atoms with Crippen LogP contribution in [0.15, 0.2) is 12.4 Å². The quantitative estimate of drug-likeness (QED) is 0.897. The lowest BCUT2D eigenvalue weighted by Crippen LogP contribution is -2.48. The summed E-state index contributed by atoms with van der Waals surface area (Å²) < 4.78 is 0. The molecule has 1 N–H and O–H groups in total. The van der Waals surface area contributed by atoms with Crippen LogP contribution in [0.25, 0.3) is 0 Å². The molecule has 2 bridgehead atoms. The second-order valence-electron chi connectivity index (χ2n) is 5.93. The molecule has 3 rings (SSSR count). The maximum absolute atomic E-state index is 4.50. The molecule has 0 aromatic carbocycles. The van der Waals surface area contributed by atoms with Crippen molar-refractivity contribution in [2.24, 2.45) is 0 Å². The zero-order valence-corrected chi connectivity index (χ0v) is 12.0. The molecule has 0 spiro atoms. The van der Waals surface area contributed by atoms with Crippen molar-refractivity contribution >= 4 is 0 Å². The first-order chi connectivity index (χ1) is 9.26. The standard InChI is InChI=1S/C15H24N4/c1-3-16-12-6-14-4-5-15(7-12)19(14)10-13-9-17-11(2)8-18-13/h8-9,12,14-16H,3-7,10H2,1-2H3. The van der Waals surface area contributed by atoms with Crippen LogP contribution in [0.2, 0.25) is 0 Å². The summed E-state index contributed by atoms with van der Waals surface area (Å²) in [4.78, 5) is 11.5. The van der Waals surface area contributed by atoms with Crippen LogP contribution in [0.3, 0.4) is 0 Å². The summed E-state index contributed by atoms with van der Waals surface area (Å²) in [7, 11) is 0. The molecule has 2 unspecified atom stereocenters. The predicted molar refractivity (Wildman–Crippen MR) is 75.8 cm³/mol. The Morgan fingerprint density at radius 1 is 1.21 bits per heavy atom. The Kier molecular flexibility index (Phi) is 3.80. The molecule has 104 valence electrons. The van der Waals surface area contributed by atoms with E-state index in [9.17, 15) is 0 Å². The molecule has 4 nitrogen and oxygen atoms in total. The summed E-state index contributed by atoms with van der Waals surface area (Å²) >= 11 is 0. The Hall–Kier alpha value is -1.00. The SMILES string of the molecule is CCNC1CC2CCC(C1)N2Cc1cnc(C)cn1. The normalized spacial score (nSPS) is 30.7. The van der Waals surface area contributed by atoms with Crippen LogP contribution < -0.4 is 5.32 Å². The number of aryl methyl sites for hydroxylation is 1. The molecular formula is C15H24N4. The summed E-state index contributed by atoms with van der Waals surface area (Å²) in [6.07, 6.45) is 9.11. The third-order valence-corrected chi connectivity index (χ3v) is 4.56. The Morgan fingerprint density at radius 2 is 1.95 bits per heavy atom. The van der Waals surface area contributed by atoms with Gasteiger partial charge in [0.2, 0.25) is 0 Å². The van der Waals surface area contributed by atoms with Gasteiger partial charge in [-0.15, -0.1) is 0 Å². The zero-order valence-electron chi connectivity index (χ0n) is 12.0. The number of hydrogen-bond donors (Lipinski definition) is 1. The number of nitrogens with one attached hydrogen (secondary N) is 1. The molecule has 2 aliphatic heterocycles. The number of hydrogen-bond acceptors (Lipinski definition) is 4. The van der Waals surface area contributed by atoms with E-state index < -0.39 is 0 Å². The average molecular weight is 260 g/mol. The van der Waals surface area contributed by atoms with E-state index in [4.69, 9.17) is 0 Å². The second-order valence-corrected chi connectivity index (χ2v) is 5.93. The van der Waals surface area contributed by atoms with Gasteiger partial charge in [-0.05, 0) is 39.2 Å². The Labute approximate surface area is 115 Å². The van der Waals surface area contributed by atoms with Gasteiger partial charge in [0.15, 0.2) is 0 Å². The lowest BCUT2D eigenvalue weighted by Gasteiger charge is -2.39. The molecule has 4 heteroatoms. The summed E-state index contributed by atoms with van der Waals surface area (Å²) in [5, 5.41) is 3.62. The number of nitrogens with zero attached hydrogens (tertiary/aromatic N) is 3. The number of aromatic nitrogens is 2. The fourth-order valence-corrected chi connectivity index (χ4v) is 3.68. The van der Waals surface area contributed by atoms with E-state index in [-0.39, 0.29) is 0 Å². The lowest BCUT2D eigenvalue weighted by atomic mass is 9.97. The van der Waals surface area contributed by atoms with Crippen molar-refractivity contribution in [2.75, 3.05) is 6.54 Å². The van der Waals surface area contributed by atoms with E-state index in [2.05, 4.69) is 27.1 Å². The first-order valence-corrected chi connectivity index (χ1v) is 7.53. The molecule has 0 aliphatic carbocycles. The average Bonchev–Trinajstić information content (AvgIpc) is 2.64. The van der Waals surface area contributed by atoms with Gasteiger partial charge in [0.25, 0.3) is 0 Å². The minimum atomic E-state index is 0.725. The van der Waals surface area contributed by atoms with Crippen LogP contribution in [0.4, 0.5) is 0 Å². The Balaban J connectivity index is 1.65. The molecule has 1 aromatic heterocycles. The largest absolute Gasteiger partial charge is 0.314 e. The molecule has 0 amide bonds. The molecule has 0 radical (unpaired) electrons. The molecule has 2 atom stereocenters. The predicted octanol–water partition coefficient (Wildman–Crippen LogP) is 1.89. The minimum absolute atomic E-state index is 0.725. The molecule has 1 aromatic rings. The monoisotopic (exact) mass is 260 g/mol. The summed E-state index contributed by atoms with van der Waals surface area (Å²) in [5.74, 6) is 0. The van der Waals surface area contributed by atoms with Crippen molar-refractivity contribution in [3.05, 3.63) is 23.8 Å². The third-order valence-electron chi connectivity index (χ3n) is 4.56. The van der Waals surface area contributed by atoms with Gasteiger partial charge in [-0.1, -0.05) is 6.92 Å². The van der Waals surface area contributed by atoms with Gasteiger partial charge in [-0.25, -0.2) is 0 Å².